The molecule has 4 heteroatoms. The Morgan fingerprint density at radius 2 is 0.718 bits per heavy atom. The summed E-state index contributed by atoms with van der Waals surface area (Å²) in [7, 11) is 0. The maximum Gasteiger partial charge on any atom is 0.178 e. The second-order valence-corrected chi connectivity index (χ2v) is 18.6. The van der Waals surface area contributed by atoms with Crippen molar-refractivity contribution in [3.8, 4) is 56.4 Å². The van der Waals surface area contributed by atoms with Crippen LogP contribution in [0.3, 0.4) is 0 Å². The van der Waals surface area contributed by atoms with Crippen molar-refractivity contribution in [3.63, 3.8) is 0 Å². The van der Waals surface area contributed by atoms with Crippen LogP contribution in [0, 0.1) is 5.92 Å². The van der Waals surface area contributed by atoms with Gasteiger partial charge in [-0.1, -0.05) is 188 Å². The van der Waals surface area contributed by atoms with Crippen molar-refractivity contribution in [2.24, 2.45) is 5.92 Å². The highest BCUT2D eigenvalue weighted by Crippen LogP contribution is 2.69. The third-order valence-corrected chi connectivity index (χ3v) is 15.0. The highest BCUT2D eigenvalue weighted by Gasteiger charge is 2.58. The first kappa shape index (κ1) is 40.9. The first-order chi connectivity index (χ1) is 35.3. The molecule has 1 heterocycles. The molecule has 3 aliphatic carbocycles. The summed E-state index contributed by atoms with van der Waals surface area (Å²) >= 11 is 0. The quantitative estimate of drug-likeness (QED) is 0.152. The van der Waals surface area contributed by atoms with Gasteiger partial charge >= 0.3 is 0 Å². The highest BCUT2D eigenvalue weighted by molar-refractivity contribution is 5.97. The van der Waals surface area contributed by atoms with Crippen molar-refractivity contribution in [3.05, 3.63) is 289 Å². The molecule has 4 aliphatic rings. The maximum atomic E-state index is 7.80. The number of fused-ring (bicyclic) bond motifs is 13. The van der Waals surface area contributed by atoms with Crippen LogP contribution in [0.15, 0.2) is 267 Å². The van der Waals surface area contributed by atoms with Crippen LogP contribution in [0.5, 0.6) is 23.0 Å². The number of nitrogens with zero attached hydrogens (tertiary/aromatic N) is 2. The number of allylic oxidation sites excluding steroid dienone is 4. The van der Waals surface area contributed by atoms with Crippen molar-refractivity contribution in [1.29, 1.82) is 0 Å². The lowest BCUT2D eigenvalue weighted by molar-refractivity contribution is 0.357. The van der Waals surface area contributed by atoms with Gasteiger partial charge in [-0.3, -0.25) is 0 Å². The summed E-state index contributed by atoms with van der Waals surface area (Å²) in [4.78, 5) is 4.66. The molecule has 4 nitrogen and oxygen atoms in total. The predicted octanol–water partition coefficient (Wildman–Crippen LogP) is 18.0. The van der Waals surface area contributed by atoms with Crippen molar-refractivity contribution in [2.75, 3.05) is 9.80 Å². The molecule has 0 aromatic heterocycles. The predicted molar refractivity (Wildman–Crippen MR) is 290 cm³/mol. The Hall–Kier alpha value is -9.12. The minimum atomic E-state index is -0.423. The molecular weight excluding hydrogens is 865 g/mol. The molecule has 1 spiro atoms. The van der Waals surface area contributed by atoms with Gasteiger partial charge in [0, 0.05) is 62.4 Å². The zero-order valence-corrected chi connectivity index (χ0v) is 38.8. The number of rotatable bonds is 8. The number of hydrogen-bond donors (Lipinski definition) is 0. The fourth-order valence-corrected chi connectivity index (χ4v) is 12.2. The summed E-state index contributed by atoms with van der Waals surface area (Å²) in [5.41, 5.74) is 17.4. The molecule has 0 fully saturated rings. The van der Waals surface area contributed by atoms with E-state index in [-0.39, 0.29) is 11.8 Å². The SMILES string of the molecule is C1=CC2c3c(ccc4c3Oc3c(-c5ccccc5N(c5ccccc5)c5ccccc5)ccc(-c5ccccc5N(c5ccccc5)c5ccccc5)c3O4)C3(c4ccccc4-c4ccccc43)C2C=C1. The summed E-state index contributed by atoms with van der Waals surface area (Å²) < 4.78 is 15.3. The lowest BCUT2D eigenvalue weighted by Crippen LogP contribution is -2.32. The van der Waals surface area contributed by atoms with Crippen LogP contribution >= 0.6 is 0 Å². The van der Waals surface area contributed by atoms with Crippen LogP contribution in [-0.2, 0) is 5.41 Å². The number of anilines is 6. The minimum Gasteiger partial charge on any atom is -0.449 e. The lowest BCUT2D eigenvalue weighted by atomic mass is 9.65. The average Bonchev–Trinajstić information content (AvgIpc) is 3.92. The van der Waals surface area contributed by atoms with E-state index in [1.807, 2.05) is 0 Å². The van der Waals surface area contributed by atoms with Crippen LogP contribution in [0.2, 0.25) is 0 Å². The zero-order chi connectivity index (χ0) is 46.9. The van der Waals surface area contributed by atoms with E-state index in [9.17, 15) is 0 Å². The fraction of sp³-hybridized carbons (Fsp3) is 0.0448. The van der Waals surface area contributed by atoms with Crippen molar-refractivity contribution >= 4 is 34.1 Å². The number of benzene rings is 10. The van der Waals surface area contributed by atoms with Crippen LogP contribution in [-0.4, -0.2) is 0 Å². The van der Waals surface area contributed by atoms with Crippen molar-refractivity contribution in [2.45, 2.75) is 11.3 Å². The van der Waals surface area contributed by atoms with Crippen LogP contribution in [0.4, 0.5) is 34.1 Å². The van der Waals surface area contributed by atoms with Gasteiger partial charge in [0.25, 0.3) is 0 Å². The lowest BCUT2D eigenvalue weighted by Gasteiger charge is -2.36. The third kappa shape index (κ3) is 6.24. The highest BCUT2D eigenvalue weighted by atomic mass is 16.6. The average molecular weight is 911 g/mol. The Balaban J connectivity index is 1.02. The smallest absolute Gasteiger partial charge is 0.178 e. The third-order valence-electron chi connectivity index (χ3n) is 15.0. The van der Waals surface area contributed by atoms with Crippen molar-refractivity contribution < 1.29 is 9.47 Å². The molecular formula is C67H46N2O2. The summed E-state index contributed by atoms with van der Waals surface area (Å²) in [6.45, 7) is 0. The normalized spacial score (nSPS) is 15.8. The van der Waals surface area contributed by atoms with Gasteiger partial charge in [-0.15, -0.1) is 0 Å². The Kier molecular flexibility index (Phi) is 9.53. The molecule has 2 atom stereocenters. The van der Waals surface area contributed by atoms with Gasteiger partial charge in [0.1, 0.15) is 0 Å². The van der Waals surface area contributed by atoms with Gasteiger partial charge in [-0.2, -0.15) is 0 Å². The number of ether oxygens (including phenoxy) is 2. The molecule has 10 aromatic rings. The van der Waals surface area contributed by atoms with E-state index < -0.39 is 5.41 Å². The van der Waals surface area contributed by atoms with Crippen LogP contribution < -0.4 is 19.3 Å². The van der Waals surface area contributed by atoms with E-state index in [1.165, 1.54) is 33.4 Å². The second-order valence-electron chi connectivity index (χ2n) is 18.6. The monoisotopic (exact) mass is 910 g/mol. The van der Waals surface area contributed by atoms with E-state index in [1.54, 1.807) is 0 Å². The Morgan fingerprint density at radius 3 is 1.21 bits per heavy atom. The first-order valence-corrected chi connectivity index (χ1v) is 24.5. The molecule has 14 rings (SSSR count). The minimum absolute atomic E-state index is 0.0333. The molecule has 0 saturated heterocycles. The zero-order valence-electron chi connectivity index (χ0n) is 38.8. The molecule has 0 amide bonds. The first-order valence-electron chi connectivity index (χ1n) is 24.5. The maximum absolute atomic E-state index is 7.80. The van der Waals surface area contributed by atoms with E-state index in [0.717, 1.165) is 62.1 Å². The van der Waals surface area contributed by atoms with E-state index in [0.29, 0.717) is 17.2 Å². The molecule has 0 saturated carbocycles. The standard InChI is InChI=1S/C67H46N2O2/c1-5-23-45(24-6-1)68(46-25-7-2-8-26-46)60-39-21-16-33-51(60)53-41-42-54(52-34-17-22-40-61(52)69(47-27-9-3-10-28-47)48-29-11-4-12-30-48)65-64(53)70-62-44-43-59-63(66(62)71-65)55-35-15-20-38-58(55)67(59)56-36-18-13-31-49(56)50-32-14-19-37-57(50)67/h1-44,55,58H. The van der Waals surface area contributed by atoms with Crippen molar-refractivity contribution in [1.82, 2.24) is 0 Å². The van der Waals surface area contributed by atoms with Gasteiger partial charge < -0.3 is 19.3 Å². The van der Waals surface area contributed by atoms with E-state index in [4.69, 9.17) is 9.47 Å². The van der Waals surface area contributed by atoms with E-state index in [2.05, 4.69) is 277 Å². The fourth-order valence-electron chi connectivity index (χ4n) is 12.2. The summed E-state index contributed by atoms with van der Waals surface area (Å²) in [6.07, 6.45) is 9.24. The molecule has 71 heavy (non-hydrogen) atoms. The van der Waals surface area contributed by atoms with Gasteiger partial charge in [0.15, 0.2) is 23.0 Å². The molecule has 2 unspecified atom stereocenters. The van der Waals surface area contributed by atoms with Gasteiger partial charge in [0.05, 0.1) is 16.8 Å². The molecule has 0 radical (unpaired) electrons. The van der Waals surface area contributed by atoms with Gasteiger partial charge in [-0.25, -0.2) is 0 Å². The molecule has 10 aromatic carbocycles. The van der Waals surface area contributed by atoms with Crippen LogP contribution in [0.1, 0.15) is 28.2 Å². The molecule has 0 bridgehead atoms. The van der Waals surface area contributed by atoms with E-state index >= 15 is 0 Å². The Bertz CT molecular complexity index is 3610. The van der Waals surface area contributed by atoms with Gasteiger partial charge in [0.2, 0.25) is 0 Å². The Morgan fingerprint density at radius 1 is 0.310 bits per heavy atom. The number of para-hydroxylation sites is 6. The largest absolute Gasteiger partial charge is 0.449 e. The molecule has 1 aliphatic heterocycles. The Labute approximate surface area is 414 Å². The molecule has 0 N–H and O–H groups in total. The summed E-state index contributed by atoms with van der Waals surface area (Å²) in [6, 6.07) is 86.6. The number of hydrogen-bond acceptors (Lipinski definition) is 4. The topological polar surface area (TPSA) is 24.9 Å². The van der Waals surface area contributed by atoms with Gasteiger partial charge in [-0.05, 0) is 107 Å². The summed E-state index contributed by atoms with van der Waals surface area (Å²) in [5.74, 6) is 2.98. The second kappa shape index (κ2) is 16.5. The summed E-state index contributed by atoms with van der Waals surface area (Å²) in [5, 5.41) is 0. The van der Waals surface area contributed by atoms with Crippen LogP contribution in [0.25, 0.3) is 33.4 Å². The molecule has 336 valence electrons.